The Morgan fingerprint density at radius 2 is 2.00 bits per heavy atom. The molecule has 2 nitrogen and oxygen atoms in total. The minimum atomic E-state index is 0.325. The number of rotatable bonds is 4. The van der Waals surface area contributed by atoms with Crippen molar-refractivity contribution in [3.63, 3.8) is 0 Å². The zero-order valence-electron chi connectivity index (χ0n) is 11.0. The van der Waals surface area contributed by atoms with Gasteiger partial charge in [-0.15, -0.1) is 0 Å². The van der Waals surface area contributed by atoms with Crippen molar-refractivity contribution in [3.05, 3.63) is 35.4 Å². The Bertz CT molecular complexity index is 405. The van der Waals surface area contributed by atoms with Crippen LogP contribution in [0.3, 0.4) is 0 Å². The largest absolute Gasteiger partial charge is 0.381 e. The maximum Gasteiger partial charge on any atom is 0.0468 e. The second-order valence-electron chi connectivity index (χ2n) is 5.94. The predicted octanol–water partition coefficient (Wildman–Crippen LogP) is 2.65. The third-order valence-corrected chi connectivity index (χ3v) is 4.65. The lowest BCUT2D eigenvalue weighted by Gasteiger charge is -2.22. The van der Waals surface area contributed by atoms with Crippen LogP contribution in [0.1, 0.15) is 36.8 Å². The van der Waals surface area contributed by atoms with Crippen molar-refractivity contribution in [2.24, 2.45) is 11.7 Å². The molecule has 0 bridgehead atoms. The lowest BCUT2D eigenvalue weighted by atomic mass is 9.89. The van der Waals surface area contributed by atoms with Crippen molar-refractivity contribution in [3.8, 4) is 0 Å². The third-order valence-electron chi connectivity index (χ3n) is 4.65. The molecule has 3 rings (SSSR count). The summed E-state index contributed by atoms with van der Waals surface area (Å²) in [6.07, 6.45) is 6.17. The Hall–Kier alpha value is -0.860. The summed E-state index contributed by atoms with van der Waals surface area (Å²) in [5, 5.41) is 0. The van der Waals surface area contributed by atoms with E-state index in [1.54, 1.807) is 0 Å². The van der Waals surface area contributed by atoms with Crippen LogP contribution in [-0.4, -0.2) is 19.8 Å². The van der Waals surface area contributed by atoms with Crippen molar-refractivity contribution in [1.29, 1.82) is 0 Å². The highest BCUT2D eigenvalue weighted by Gasteiger charge is 2.42. The molecule has 2 fully saturated rings. The maximum absolute atomic E-state index is 5.92. The van der Waals surface area contributed by atoms with Crippen LogP contribution in [0.5, 0.6) is 0 Å². The van der Waals surface area contributed by atoms with Gasteiger partial charge in [0.05, 0.1) is 0 Å². The topological polar surface area (TPSA) is 35.2 Å². The van der Waals surface area contributed by atoms with Crippen LogP contribution in [0.25, 0.3) is 0 Å². The van der Waals surface area contributed by atoms with E-state index in [2.05, 4.69) is 24.3 Å². The van der Waals surface area contributed by atoms with Gasteiger partial charge in [-0.25, -0.2) is 0 Å². The number of hydrogen-bond donors (Lipinski definition) is 1. The molecule has 2 N–H and O–H groups in total. The second kappa shape index (κ2) is 5.02. The summed E-state index contributed by atoms with van der Waals surface area (Å²) in [7, 11) is 0. The third kappa shape index (κ3) is 2.45. The highest BCUT2D eigenvalue weighted by molar-refractivity contribution is 5.35. The van der Waals surface area contributed by atoms with E-state index in [4.69, 9.17) is 10.5 Å². The van der Waals surface area contributed by atoms with E-state index < -0.39 is 0 Å². The molecule has 0 atom stereocenters. The fraction of sp³-hybridized carbons (Fsp3) is 0.625. The fourth-order valence-corrected chi connectivity index (χ4v) is 3.07. The molecule has 0 unspecified atom stereocenters. The van der Waals surface area contributed by atoms with E-state index in [0.717, 1.165) is 25.7 Å². The van der Waals surface area contributed by atoms with Crippen LogP contribution in [-0.2, 0) is 16.6 Å². The first-order chi connectivity index (χ1) is 8.82. The molecule has 0 amide bonds. The molecular weight excluding hydrogens is 222 g/mol. The van der Waals surface area contributed by atoms with Crippen molar-refractivity contribution < 1.29 is 4.74 Å². The summed E-state index contributed by atoms with van der Waals surface area (Å²) in [5.74, 6) is 0.807. The Kier molecular flexibility index (Phi) is 3.40. The average molecular weight is 245 g/mol. The molecule has 1 aromatic rings. The van der Waals surface area contributed by atoms with Gasteiger partial charge in [-0.2, -0.15) is 0 Å². The van der Waals surface area contributed by atoms with Gasteiger partial charge >= 0.3 is 0 Å². The maximum atomic E-state index is 5.92. The minimum Gasteiger partial charge on any atom is -0.381 e. The molecule has 0 aromatic heterocycles. The molecule has 2 aliphatic rings. The van der Waals surface area contributed by atoms with E-state index >= 15 is 0 Å². The van der Waals surface area contributed by atoms with Crippen LogP contribution in [0, 0.1) is 5.92 Å². The Labute approximate surface area is 110 Å². The standard InChI is InChI=1S/C16H23NO/c17-12-16(6-7-16)15-3-1-2-14(11-15)10-13-4-8-18-9-5-13/h1-3,11,13H,4-10,12,17H2. The number of hydrogen-bond acceptors (Lipinski definition) is 2. The van der Waals surface area contributed by atoms with E-state index in [0.29, 0.717) is 5.41 Å². The lowest BCUT2D eigenvalue weighted by Crippen LogP contribution is -2.20. The fourth-order valence-electron chi connectivity index (χ4n) is 3.07. The molecule has 1 aliphatic heterocycles. The molecule has 1 heterocycles. The van der Waals surface area contributed by atoms with Crippen LogP contribution >= 0.6 is 0 Å². The molecule has 1 aliphatic carbocycles. The lowest BCUT2D eigenvalue weighted by molar-refractivity contribution is 0.0665. The molecule has 0 spiro atoms. The van der Waals surface area contributed by atoms with Crippen LogP contribution in [0.2, 0.25) is 0 Å². The van der Waals surface area contributed by atoms with Crippen molar-refractivity contribution in [2.45, 2.75) is 37.5 Å². The summed E-state index contributed by atoms with van der Waals surface area (Å²) in [6, 6.07) is 9.13. The van der Waals surface area contributed by atoms with Crippen LogP contribution in [0.15, 0.2) is 24.3 Å². The molecule has 2 heteroatoms. The first kappa shape index (κ1) is 12.2. The summed E-state index contributed by atoms with van der Waals surface area (Å²) < 4.78 is 5.43. The van der Waals surface area contributed by atoms with Crippen molar-refractivity contribution >= 4 is 0 Å². The van der Waals surface area contributed by atoms with Gasteiger partial charge in [0.1, 0.15) is 0 Å². The zero-order chi connectivity index (χ0) is 12.4. The zero-order valence-corrected chi connectivity index (χ0v) is 11.0. The van der Waals surface area contributed by atoms with Gasteiger partial charge in [-0.05, 0) is 49.1 Å². The average Bonchev–Trinajstić information content (AvgIpc) is 3.21. The summed E-state index contributed by atoms with van der Waals surface area (Å²) in [5.41, 5.74) is 9.20. The number of nitrogens with two attached hydrogens (primary N) is 1. The van der Waals surface area contributed by atoms with Crippen LogP contribution < -0.4 is 5.73 Å². The molecular formula is C16H23NO. The SMILES string of the molecule is NCC1(c2cccc(CC3CCOCC3)c2)CC1. The van der Waals surface area contributed by atoms with Crippen molar-refractivity contribution in [1.82, 2.24) is 0 Å². The van der Waals surface area contributed by atoms with E-state index in [9.17, 15) is 0 Å². The molecule has 1 saturated carbocycles. The van der Waals surface area contributed by atoms with Crippen LogP contribution in [0.4, 0.5) is 0 Å². The number of ether oxygens (including phenoxy) is 1. The predicted molar refractivity (Wildman–Crippen MR) is 73.7 cm³/mol. The molecule has 1 saturated heterocycles. The first-order valence-corrected chi connectivity index (χ1v) is 7.20. The highest BCUT2D eigenvalue weighted by atomic mass is 16.5. The number of benzene rings is 1. The smallest absolute Gasteiger partial charge is 0.0468 e. The summed E-state index contributed by atoms with van der Waals surface area (Å²) >= 11 is 0. The molecule has 0 radical (unpaired) electrons. The van der Waals surface area contributed by atoms with E-state index in [1.165, 1.54) is 43.2 Å². The van der Waals surface area contributed by atoms with Gasteiger partial charge in [0.15, 0.2) is 0 Å². The summed E-state index contributed by atoms with van der Waals surface area (Å²) in [4.78, 5) is 0. The van der Waals surface area contributed by atoms with Gasteiger partial charge in [0, 0.05) is 25.2 Å². The quantitative estimate of drug-likeness (QED) is 0.885. The van der Waals surface area contributed by atoms with Gasteiger partial charge in [-0.1, -0.05) is 24.3 Å². The Morgan fingerprint density at radius 1 is 1.22 bits per heavy atom. The monoisotopic (exact) mass is 245 g/mol. The minimum absolute atomic E-state index is 0.325. The highest BCUT2D eigenvalue weighted by Crippen LogP contribution is 2.47. The first-order valence-electron chi connectivity index (χ1n) is 7.20. The van der Waals surface area contributed by atoms with Gasteiger partial charge in [0.2, 0.25) is 0 Å². The normalized spacial score (nSPS) is 22.9. The van der Waals surface area contributed by atoms with Crippen molar-refractivity contribution in [2.75, 3.05) is 19.8 Å². The van der Waals surface area contributed by atoms with Gasteiger partial charge in [-0.3, -0.25) is 0 Å². The molecule has 18 heavy (non-hydrogen) atoms. The molecule has 1 aromatic carbocycles. The van der Waals surface area contributed by atoms with Gasteiger partial charge < -0.3 is 10.5 Å². The van der Waals surface area contributed by atoms with Gasteiger partial charge in [0.25, 0.3) is 0 Å². The second-order valence-corrected chi connectivity index (χ2v) is 5.94. The molecule has 98 valence electrons. The Morgan fingerprint density at radius 3 is 2.67 bits per heavy atom. The summed E-state index contributed by atoms with van der Waals surface area (Å²) in [6.45, 7) is 2.68. The Balaban J connectivity index is 1.70. The van der Waals surface area contributed by atoms with E-state index in [-0.39, 0.29) is 0 Å². The van der Waals surface area contributed by atoms with E-state index in [1.807, 2.05) is 0 Å².